The molecule has 2 rings (SSSR count). The predicted octanol–water partition coefficient (Wildman–Crippen LogP) is 1.37. The number of anilines is 1. The van der Waals surface area contributed by atoms with E-state index in [0.29, 0.717) is 6.42 Å². The number of carbonyl (C=O) groups excluding carboxylic acids is 3. The van der Waals surface area contributed by atoms with Crippen molar-refractivity contribution in [1.29, 1.82) is 0 Å². The van der Waals surface area contributed by atoms with Gasteiger partial charge in [-0.3, -0.25) is 14.5 Å². The fraction of sp³-hybridized carbons (Fsp3) is 0.400. The van der Waals surface area contributed by atoms with Crippen molar-refractivity contribution in [2.24, 2.45) is 0 Å². The number of nitrogens with one attached hydrogen (secondary N) is 1. The molecule has 0 spiro atoms. The third-order valence-electron chi connectivity index (χ3n) is 3.50. The van der Waals surface area contributed by atoms with Gasteiger partial charge in [0, 0.05) is 12.7 Å². The molecule has 1 aromatic carbocycles. The van der Waals surface area contributed by atoms with Crippen LogP contribution in [0.1, 0.15) is 19.8 Å². The van der Waals surface area contributed by atoms with E-state index in [0.717, 1.165) is 17.0 Å². The molecule has 0 saturated carbocycles. The minimum atomic E-state index is -0.502. The van der Waals surface area contributed by atoms with Crippen molar-refractivity contribution in [3.05, 3.63) is 30.3 Å². The number of hydrogen-bond donors (Lipinski definition) is 1. The largest absolute Gasteiger partial charge is 0.326 e. The molecule has 0 radical (unpaired) electrons. The lowest BCUT2D eigenvalue weighted by Gasteiger charge is -2.20. The van der Waals surface area contributed by atoms with Crippen LogP contribution >= 0.6 is 0 Å². The van der Waals surface area contributed by atoms with Gasteiger partial charge in [-0.1, -0.05) is 31.5 Å². The minimum Gasteiger partial charge on any atom is -0.326 e. The second-order valence-electron chi connectivity index (χ2n) is 5.00. The standard InChI is InChI=1S/C15H19N3O3/c1-3-7-12-14(20)18(15(21)16-12)10-13(19)17(2)11-8-5-4-6-9-11/h4-6,8-9,12H,3,7,10H2,1-2H3,(H,16,21). The molecule has 0 bridgehead atoms. The molecule has 1 aliphatic rings. The fourth-order valence-corrected chi connectivity index (χ4v) is 2.25. The molecule has 1 atom stereocenters. The number of nitrogens with zero attached hydrogens (tertiary/aromatic N) is 2. The van der Waals surface area contributed by atoms with Crippen molar-refractivity contribution < 1.29 is 14.4 Å². The Hall–Kier alpha value is -2.37. The van der Waals surface area contributed by atoms with Crippen LogP contribution in [0, 0.1) is 0 Å². The minimum absolute atomic E-state index is 0.240. The maximum absolute atomic E-state index is 12.2. The summed E-state index contributed by atoms with van der Waals surface area (Å²) in [4.78, 5) is 38.5. The lowest BCUT2D eigenvalue weighted by atomic mass is 10.2. The van der Waals surface area contributed by atoms with Crippen LogP contribution in [0.25, 0.3) is 0 Å². The topological polar surface area (TPSA) is 69.7 Å². The zero-order chi connectivity index (χ0) is 15.4. The molecule has 1 aliphatic heterocycles. The SMILES string of the molecule is CCCC1NC(=O)N(CC(=O)N(C)c2ccccc2)C1=O. The molecule has 1 heterocycles. The van der Waals surface area contributed by atoms with Crippen molar-refractivity contribution in [3.8, 4) is 0 Å². The highest BCUT2D eigenvalue weighted by Crippen LogP contribution is 2.14. The molecule has 6 heteroatoms. The van der Waals surface area contributed by atoms with E-state index in [4.69, 9.17) is 0 Å². The third-order valence-corrected chi connectivity index (χ3v) is 3.50. The molecule has 0 aromatic heterocycles. The molecule has 4 amide bonds. The molecule has 0 aliphatic carbocycles. The van der Waals surface area contributed by atoms with E-state index < -0.39 is 12.1 Å². The molecule has 1 N–H and O–H groups in total. The van der Waals surface area contributed by atoms with Crippen LogP contribution in [0.15, 0.2) is 30.3 Å². The van der Waals surface area contributed by atoms with Gasteiger partial charge in [-0.2, -0.15) is 0 Å². The number of urea groups is 1. The van der Waals surface area contributed by atoms with Gasteiger partial charge in [0.2, 0.25) is 5.91 Å². The van der Waals surface area contributed by atoms with Gasteiger partial charge < -0.3 is 10.2 Å². The molecule has 21 heavy (non-hydrogen) atoms. The van der Waals surface area contributed by atoms with Crippen LogP contribution in [-0.2, 0) is 9.59 Å². The van der Waals surface area contributed by atoms with Gasteiger partial charge >= 0.3 is 6.03 Å². The Morgan fingerprint density at radius 3 is 2.57 bits per heavy atom. The van der Waals surface area contributed by atoms with Gasteiger partial charge in [0.05, 0.1) is 0 Å². The average Bonchev–Trinajstić information content (AvgIpc) is 2.75. The molecule has 1 unspecified atom stereocenters. The van der Waals surface area contributed by atoms with Crippen LogP contribution in [-0.4, -0.2) is 42.4 Å². The first-order valence-corrected chi connectivity index (χ1v) is 6.98. The number of hydrogen-bond acceptors (Lipinski definition) is 3. The number of imide groups is 1. The van der Waals surface area contributed by atoms with Crippen molar-refractivity contribution in [2.75, 3.05) is 18.5 Å². The number of para-hydroxylation sites is 1. The number of likely N-dealkylation sites (N-methyl/N-ethyl adjacent to an activating group) is 1. The van der Waals surface area contributed by atoms with Gasteiger partial charge in [0.25, 0.3) is 5.91 Å². The van der Waals surface area contributed by atoms with E-state index in [1.165, 1.54) is 4.90 Å². The van der Waals surface area contributed by atoms with Crippen LogP contribution in [0.3, 0.4) is 0 Å². The molecule has 6 nitrogen and oxygen atoms in total. The van der Waals surface area contributed by atoms with Crippen molar-refractivity contribution >= 4 is 23.5 Å². The fourth-order valence-electron chi connectivity index (χ4n) is 2.25. The molecule has 112 valence electrons. The van der Waals surface area contributed by atoms with Crippen LogP contribution < -0.4 is 10.2 Å². The van der Waals surface area contributed by atoms with Gasteiger partial charge in [-0.25, -0.2) is 4.79 Å². The van der Waals surface area contributed by atoms with Crippen molar-refractivity contribution in [2.45, 2.75) is 25.8 Å². The zero-order valence-electron chi connectivity index (χ0n) is 12.2. The Bertz CT molecular complexity index is 544. The van der Waals surface area contributed by atoms with Gasteiger partial charge in [0.1, 0.15) is 12.6 Å². The first-order chi connectivity index (χ1) is 10.0. The highest BCUT2D eigenvalue weighted by atomic mass is 16.2. The summed E-state index contributed by atoms with van der Waals surface area (Å²) in [7, 11) is 1.62. The number of carbonyl (C=O) groups is 3. The van der Waals surface area contributed by atoms with Gasteiger partial charge in [0.15, 0.2) is 0 Å². The summed E-state index contributed by atoms with van der Waals surface area (Å²) in [6.45, 7) is 1.70. The molecular weight excluding hydrogens is 270 g/mol. The van der Waals surface area contributed by atoms with Crippen LogP contribution in [0.5, 0.6) is 0 Å². The smallest absolute Gasteiger partial charge is 0.325 e. The summed E-state index contributed by atoms with van der Waals surface area (Å²) in [5.41, 5.74) is 0.722. The molecule has 1 aromatic rings. The van der Waals surface area contributed by atoms with E-state index in [2.05, 4.69) is 5.32 Å². The summed E-state index contributed by atoms with van der Waals surface area (Å²) >= 11 is 0. The Balaban J connectivity index is 2.03. The van der Waals surface area contributed by atoms with Gasteiger partial charge in [-0.15, -0.1) is 0 Å². The maximum atomic E-state index is 12.2. The Morgan fingerprint density at radius 2 is 1.95 bits per heavy atom. The lowest BCUT2D eigenvalue weighted by Crippen LogP contribution is -2.42. The zero-order valence-corrected chi connectivity index (χ0v) is 12.2. The number of rotatable bonds is 5. The molecule has 1 fully saturated rings. The first-order valence-electron chi connectivity index (χ1n) is 6.98. The normalized spacial score (nSPS) is 17.8. The van der Waals surface area contributed by atoms with Crippen molar-refractivity contribution in [1.82, 2.24) is 10.2 Å². The second-order valence-corrected chi connectivity index (χ2v) is 5.00. The van der Waals surface area contributed by atoms with E-state index in [1.807, 2.05) is 25.1 Å². The van der Waals surface area contributed by atoms with E-state index in [-0.39, 0.29) is 18.4 Å². The second kappa shape index (κ2) is 6.39. The third kappa shape index (κ3) is 3.21. The van der Waals surface area contributed by atoms with E-state index in [1.54, 1.807) is 19.2 Å². The Labute approximate surface area is 123 Å². The monoisotopic (exact) mass is 289 g/mol. The maximum Gasteiger partial charge on any atom is 0.325 e. The Kier molecular flexibility index (Phi) is 4.57. The molecular formula is C15H19N3O3. The Morgan fingerprint density at radius 1 is 1.29 bits per heavy atom. The summed E-state index contributed by atoms with van der Waals surface area (Å²) in [6, 6.07) is 8.10. The molecule has 1 saturated heterocycles. The van der Waals surface area contributed by atoms with Gasteiger partial charge in [-0.05, 0) is 18.6 Å². The highest BCUT2D eigenvalue weighted by molar-refractivity contribution is 6.08. The summed E-state index contributed by atoms with van der Waals surface area (Å²) in [5.74, 6) is -0.626. The summed E-state index contributed by atoms with van der Waals surface area (Å²) in [5, 5.41) is 2.61. The van der Waals surface area contributed by atoms with Crippen LogP contribution in [0.2, 0.25) is 0 Å². The number of benzene rings is 1. The van der Waals surface area contributed by atoms with E-state index >= 15 is 0 Å². The first kappa shape index (κ1) is 15.0. The van der Waals surface area contributed by atoms with E-state index in [9.17, 15) is 14.4 Å². The summed E-state index contributed by atoms with van der Waals surface area (Å²) < 4.78 is 0. The quantitative estimate of drug-likeness (QED) is 0.832. The summed E-state index contributed by atoms with van der Waals surface area (Å²) in [6.07, 6.45) is 1.38. The lowest BCUT2D eigenvalue weighted by molar-refractivity contribution is -0.131. The predicted molar refractivity (Wildman–Crippen MR) is 78.8 cm³/mol. The van der Waals surface area contributed by atoms with Crippen LogP contribution in [0.4, 0.5) is 10.5 Å². The number of amides is 4. The average molecular weight is 289 g/mol. The van der Waals surface area contributed by atoms with Crippen molar-refractivity contribution in [3.63, 3.8) is 0 Å². The highest BCUT2D eigenvalue weighted by Gasteiger charge is 2.38.